The van der Waals surface area contributed by atoms with Crippen LogP contribution in [0.2, 0.25) is 0 Å². The van der Waals surface area contributed by atoms with E-state index in [1.807, 2.05) is 42.5 Å². The van der Waals surface area contributed by atoms with Crippen molar-refractivity contribution in [2.24, 2.45) is 0 Å². The van der Waals surface area contributed by atoms with E-state index in [0.29, 0.717) is 66.1 Å². The van der Waals surface area contributed by atoms with E-state index in [9.17, 15) is 0 Å². The zero-order chi connectivity index (χ0) is 20.4. The van der Waals surface area contributed by atoms with Crippen molar-refractivity contribution in [3.8, 4) is 11.5 Å². The fourth-order valence-electron chi connectivity index (χ4n) is 2.28. The van der Waals surface area contributed by atoms with Crippen LogP contribution >= 0.6 is 0 Å². The predicted octanol–water partition coefficient (Wildman–Crippen LogP) is 2.79. The molecule has 0 saturated heterocycles. The summed E-state index contributed by atoms with van der Waals surface area (Å²) >= 11 is 0. The van der Waals surface area contributed by atoms with Gasteiger partial charge in [0.2, 0.25) is 0 Å². The Labute approximate surface area is 172 Å². The molecule has 2 aromatic carbocycles. The molecule has 2 rings (SSSR count). The van der Waals surface area contributed by atoms with Crippen LogP contribution in [0, 0.1) is 0 Å². The van der Waals surface area contributed by atoms with Crippen molar-refractivity contribution >= 4 is 5.69 Å². The van der Waals surface area contributed by atoms with Gasteiger partial charge < -0.3 is 34.2 Å². The van der Waals surface area contributed by atoms with Crippen molar-refractivity contribution in [3.05, 3.63) is 54.6 Å². The van der Waals surface area contributed by atoms with Crippen LogP contribution in [-0.4, -0.2) is 66.1 Å². The summed E-state index contributed by atoms with van der Waals surface area (Å²) in [5.74, 6) is 1.63. The molecule has 0 aromatic heterocycles. The Morgan fingerprint density at radius 3 is 1.28 bits per heavy atom. The van der Waals surface area contributed by atoms with Crippen LogP contribution in [0.15, 0.2) is 54.6 Å². The van der Waals surface area contributed by atoms with Gasteiger partial charge >= 0.3 is 0 Å². The molecule has 2 aromatic rings. The second kappa shape index (κ2) is 15.6. The number of hydrogen-bond donors (Lipinski definition) is 1. The lowest BCUT2D eigenvalue weighted by molar-refractivity contribution is -0.00698. The number of anilines is 1. The minimum absolute atomic E-state index is 0.490. The molecule has 7 nitrogen and oxygen atoms in total. The van der Waals surface area contributed by atoms with Gasteiger partial charge in [-0.2, -0.15) is 0 Å². The quantitative estimate of drug-likeness (QED) is 0.320. The Morgan fingerprint density at radius 2 is 0.828 bits per heavy atom. The van der Waals surface area contributed by atoms with E-state index in [0.717, 1.165) is 17.2 Å². The molecular formula is C22H31NO6. The summed E-state index contributed by atoms with van der Waals surface area (Å²) in [6.07, 6.45) is 0. The van der Waals surface area contributed by atoms with Crippen LogP contribution < -0.4 is 15.2 Å². The molecule has 0 aliphatic rings. The second-order valence-electron chi connectivity index (χ2n) is 6.03. The Kier molecular flexibility index (Phi) is 12.3. The molecule has 0 aliphatic carbocycles. The Morgan fingerprint density at radius 1 is 0.448 bits per heavy atom. The monoisotopic (exact) mass is 405 g/mol. The number of nitrogen functional groups attached to an aromatic ring is 1. The normalized spacial score (nSPS) is 10.8. The third-order valence-electron chi connectivity index (χ3n) is 3.73. The van der Waals surface area contributed by atoms with Gasteiger partial charge in [-0.3, -0.25) is 0 Å². The van der Waals surface area contributed by atoms with Gasteiger partial charge in [0.1, 0.15) is 24.7 Å². The number of hydrogen-bond acceptors (Lipinski definition) is 7. The Balaban J connectivity index is 1.26. The highest BCUT2D eigenvalue weighted by Crippen LogP contribution is 2.12. The first kappa shape index (κ1) is 23.0. The van der Waals surface area contributed by atoms with Gasteiger partial charge in [-0.1, -0.05) is 18.2 Å². The molecule has 2 N–H and O–H groups in total. The fraction of sp³-hybridized carbons (Fsp3) is 0.455. The fourth-order valence-corrected chi connectivity index (χ4v) is 2.28. The molecular weight excluding hydrogens is 374 g/mol. The summed E-state index contributed by atoms with van der Waals surface area (Å²) < 4.78 is 32.8. The van der Waals surface area contributed by atoms with Crippen LogP contribution in [0.3, 0.4) is 0 Å². The molecule has 0 unspecified atom stereocenters. The maximum atomic E-state index is 5.62. The van der Waals surface area contributed by atoms with Crippen LogP contribution in [0.1, 0.15) is 0 Å². The molecule has 0 aliphatic heterocycles. The first-order chi connectivity index (χ1) is 14.3. The third-order valence-corrected chi connectivity index (χ3v) is 3.73. The molecule has 0 radical (unpaired) electrons. The van der Waals surface area contributed by atoms with Crippen molar-refractivity contribution in [2.75, 3.05) is 71.8 Å². The molecule has 0 amide bonds. The van der Waals surface area contributed by atoms with Gasteiger partial charge in [-0.15, -0.1) is 0 Å². The molecule has 160 valence electrons. The van der Waals surface area contributed by atoms with E-state index in [4.69, 9.17) is 34.2 Å². The van der Waals surface area contributed by atoms with Gasteiger partial charge in [0.25, 0.3) is 0 Å². The highest BCUT2D eigenvalue weighted by molar-refractivity contribution is 5.41. The van der Waals surface area contributed by atoms with Gasteiger partial charge in [0.05, 0.1) is 52.9 Å². The largest absolute Gasteiger partial charge is 0.491 e. The first-order valence-electron chi connectivity index (χ1n) is 9.82. The van der Waals surface area contributed by atoms with Gasteiger partial charge in [-0.25, -0.2) is 0 Å². The number of nitrogens with two attached hydrogens (primary N) is 1. The van der Waals surface area contributed by atoms with Gasteiger partial charge in [-0.05, 0) is 36.4 Å². The zero-order valence-electron chi connectivity index (χ0n) is 16.8. The second-order valence-corrected chi connectivity index (χ2v) is 6.03. The Bertz CT molecular complexity index is 623. The lowest BCUT2D eigenvalue weighted by Crippen LogP contribution is -2.14. The van der Waals surface area contributed by atoms with E-state index in [2.05, 4.69) is 0 Å². The summed E-state index contributed by atoms with van der Waals surface area (Å²) in [5.41, 5.74) is 6.34. The van der Waals surface area contributed by atoms with Crippen molar-refractivity contribution in [3.63, 3.8) is 0 Å². The molecule has 29 heavy (non-hydrogen) atoms. The minimum atomic E-state index is 0.490. The summed E-state index contributed by atoms with van der Waals surface area (Å²) in [6.45, 7) is 5.24. The standard InChI is InChI=1S/C22H31NO6/c23-20-6-8-22(9-7-20)29-19-17-27-15-13-25-11-10-24-12-14-26-16-18-28-21-4-2-1-3-5-21/h1-9H,10-19,23H2. The number of benzene rings is 2. The van der Waals surface area contributed by atoms with Crippen molar-refractivity contribution < 1.29 is 28.4 Å². The topological polar surface area (TPSA) is 81.4 Å². The van der Waals surface area contributed by atoms with E-state index in [1.54, 1.807) is 12.1 Å². The smallest absolute Gasteiger partial charge is 0.119 e. The molecule has 0 atom stereocenters. The van der Waals surface area contributed by atoms with Crippen LogP contribution in [0.25, 0.3) is 0 Å². The summed E-state index contributed by atoms with van der Waals surface area (Å²) in [7, 11) is 0. The summed E-state index contributed by atoms with van der Waals surface area (Å²) in [4.78, 5) is 0. The van der Waals surface area contributed by atoms with E-state index < -0.39 is 0 Å². The van der Waals surface area contributed by atoms with Crippen molar-refractivity contribution in [1.29, 1.82) is 0 Å². The molecule has 0 fully saturated rings. The van der Waals surface area contributed by atoms with E-state index in [1.165, 1.54) is 0 Å². The maximum absolute atomic E-state index is 5.62. The van der Waals surface area contributed by atoms with E-state index >= 15 is 0 Å². The highest BCUT2D eigenvalue weighted by atomic mass is 16.6. The lowest BCUT2D eigenvalue weighted by atomic mass is 10.3. The first-order valence-corrected chi connectivity index (χ1v) is 9.82. The zero-order valence-corrected chi connectivity index (χ0v) is 16.8. The van der Waals surface area contributed by atoms with Crippen molar-refractivity contribution in [1.82, 2.24) is 0 Å². The van der Waals surface area contributed by atoms with Gasteiger partial charge in [0, 0.05) is 5.69 Å². The molecule has 0 saturated carbocycles. The SMILES string of the molecule is Nc1ccc(OCCOCCOCCOCCOCCOc2ccccc2)cc1. The summed E-state index contributed by atoms with van der Waals surface area (Å²) in [6, 6.07) is 17.0. The highest BCUT2D eigenvalue weighted by Gasteiger charge is 1.96. The van der Waals surface area contributed by atoms with Crippen molar-refractivity contribution in [2.45, 2.75) is 0 Å². The lowest BCUT2D eigenvalue weighted by Gasteiger charge is -2.09. The summed E-state index contributed by atoms with van der Waals surface area (Å²) in [5, 5.41) is 0. The Hall–Kier alpha value is -2.32. The van der Waals surface area contributed by atoms with Crippen LogP contribution in [0.5, 0.6) is 11.5 Å². The molecule has 0 bridgehead atoms. The number of para-hydroxylation sites is 1. The third kappa shape index (κ3) is 12.0. The number of ether oxygens (including phenoxy) is 6. The molecule has 7 heteroatoms. The maximum Gasteiger partial charge on any atom is 0.119 e. The van der Waals surface area contributed by atoms with E-state index in [-0.39, 0.29) is 0 Å². The average molecular weight is 405 g/mol. The predicted molar refractivity (Wildman–Crippen MR) is 112 cm³/mol. The van der Waals surface area contributed by atoms with Gasteiger partial charge in [0.15, 0.2) is 0 Å². The number of rotatable bonds is 17. The molecule has 0 spiro atoms. The molecule has 0 heterocycles. The van der Waals surface area contributed by atoms with Crippen LogP contribution in [0.4, 0.5) is 5.69 Å². The average Bonchev–Trinajstić information content (AvgIpc) is 2.75. The minimum Gasteiger partial charge on any atom is -0.491 e. The van der Waals surface area contributed by atoms with Crippen LogP contribution in [-0.2, 0) is 18.9 Å².